The van der Waals surface area contributed by atoms with Gasteiger partial charge < -0.3 is 89.3 Å². The van der Waals surface area contributed by atoms with Gasteiger partial charge >= 0.3 is 11.9 Å². The van der Waals surface area contributed by atoms with E-state index in [4.69, 9.17) is 5.73 Å². The summed E-state index contributed by atoms with van der Waals surface area (Å²) in [6, 6.07) is 16.6. The number of aromatic amines is 2. The molecular formula is C70H84N14O16S2. The van der Waals surface area contributed by atoms with Gasteiger partial charge in [0.1, 0.15) is 66.2 Å². The minimum Gasteiger partial charge on any atom is -0.508 e. The van der Waals surface area contributed by atoms with Gasteiger partial charge in [-0.3, -0.25) is 52.7 Å². The van der Waals surface area contributed by atoms with E-state index in [9.17, 15) is 68.4 Å². The topological polar surface area (TPSA) is 477 Å². The van der Waals surface area contributed by atoms with Crippen molar-refractivity contribution < 1.29 is 78.0 Å². The van der Waals surface area contributed by atoms with Crippen molar-refractivity contribution in [2.45, 2.75) is 139 Å². The molecule has 0 aliphatic heterocycles. The number of hydrogen-bond acceptors (Lipinski definition) is 18. The largest absolute Gasteiger partial charge is 0.508 e. The Labute approximate surface area is 596 Å². The molecule has 2 aromatic heterocycles. The quantitative estimate of drug-likeness (QED) is 0.0226. The number of aromatic hydroxyl groups is 1. The highest BCUT2D eigenvalue weighted by Gasteiger charge is 2.38. The van der Waals surface area contributed by atoms with Crippen molar-refractivity contribution in [3.8, 4) is 5.75 Å². The molecule has 0 saturated heterocycles. The number of aliphatic hydroxyl groups excluding tert-OH is 1. The van der Waals surface area contributed by atoms with Gasteiger partial charge in [0.25, 0.3) is 0 Å². The highest BCUT2D eigenvalue weighted by atomic mass is 32.1. The van der Waals surface area contributed by atoms with Crippen LogP contribution in [0, 0.1) is 5.92 Å². The lowest BCUT2D eigenvalue weighted by Gasteiger charge is -2.29. The molecule has 0 spiro atoms. The van der Waals surface area contributed by atoms with Gasteiger partial charge in [-0.1, -0.05) is 117 Å². The van der Waals surface area contributed by atoms with Gasteiger partial charge in [-0.25, -0.2) is 9.78 Å². The molecule has 0 bridgehead atoms. The Balaban J connectivity index is 1.14. The Bertz CT molecular complexity index is 4100. The Kier molecular flexibility index (Phi) is 28.9. The molecule has 18 N–H and O–H groups in total. The number of nitrogens with zero attached hydrogens (tertiary/aromatic N) is 1. The van der Waals surface area contributed by atoms with Crippen LogP contribution >= 0.6 is 25.3 Å². The molecule has 32 heteroatoms. The molecule has 12 atom stereocenters. The zero-order chi connectivity index (χ0) is 74.3. The number of aliphatic carboxylic acids is 2. The van der Waals surface area contributed by atoms with E-state index in [2.05, 4.69) is 93.4 Å². The molecule has 0 fully saturated rings. The molecule has 102 heavy (non-hydrogen) atoms. The Hall–Kier alpha value is -10.8. The average molecular weight is 1440 g/mol. The predicted molar refractivity (Wildman–Crippen MR) is 381 cm³/mol. The molecule has 0 aliphatic rings. The van der Waals surface area contributed by atoms with Crippen LogP contribution in [-0.4, -0.2) is 190 Å². The van der Waals surface area contributed by atoms with E-state index < -0.39 is 162 Å². The SMILES string of the molecule is CC(C)[C@H](NC(=O)[C@H](Cc1c[nH]c2ccccc12)NC(=O)[C@H](CC(=O)O)NC(=O)[C@H](C)NC(=O)[C@@H](N)CS)C(=O)N[C@@H](CS)C(=O)N[C@@H](Cc1ccc(O)cc1)C(=O)N[C@@H](Cc1cccc2ccccc12)C(=O)N[C@@H](Cc1cnc[nH]1)C(=O)N[C@H](C(=O)N[C@@H](Cc1ccccc1)C(=O)O)[C@@H](C)O. The second-order valence-electron chi connectivity index (χ2n) is 24.8. The minimum absolute atomic E-state index is 0.0666. The second kappa shape index (κ2) is 37.6. The summed E-state index contributed by atoms with van der Waals surface area (Å²) in [4.78, 5) is 177. The van der Waals surface area contributed by atoms with Crippen LogP contribution in [0.25, 0.3) is 21.7 Å². The number of carbonyl (C=O) groups is 12. The molecular weight excluding hydrogens is 1360 g/mol. The van der Waals surface area contributed by atoms with E-state index in [0.29, 0.717) is 44.2 Å². The van der Waals surface area contributed by atoms with Gasteiger partial charge in [0.15, 0.2) is 0 Å². The lowest BCUT2D eigenvalue weighted by Crippen LogP contribution is -2.62. The number of hydrogen-bond donors (Lipinski definition) is 19. The summed E-state index contributed by atoms with van der Waals surface area (Å²) in [5.74, 6) is -14.0. The number of rotatable bonds is 37. The summed E-state index contributed by atoms with van der Waals surface area (Å²) < 4.78 is 0. The predicted octanol–water partition coefficient (Wildman–Crippen LogP) is -0.0860. The number of phenolic OH excluding ortho intramolecular Hbond substituents is 1. The van der Waals surface area contributed by atoms with Crippen LogP contribution in [-0.2, 0) is 89.6 Å². The minimum atomic E-state index is -1.81. The third-order valence-electron chi connectivity index (χ3n) is 16.6. The molecule has 5 aromatic carbocycles. The van der Waals surface area contributed by atoms with Crippen molar-refractivity contribution in [1.82, 2.24) is 68.1 Å². The van der Waals surface area contributed by atoms with Crippen molar-refractivity contribution in [3.05, 3.63) is 168 Å². The highest BCUT2D eigenvalue weighted by Crippen LogP contribution is 2.23. The molecule has 0 saturated carbocycles. The van der Waals surface area contributed by atoms with Crippen LogP contribution < -0.4 is 58.9 Å². The standard InChI is InChI=1S/C70H84N14O16S2/c1-36(2)58(83-65(94)52(28-43-31-73-49-20-11-10-19-47(43)49)79-64(93)54(30-57(87)88)76-60(89)37(3)75-61(90)48(71)33-101)68(97)82-56(34-102)67(96)77-50(25-40-21-23-45(86)24-22-40)62(91)78-51(27-42-17-12-16-41-15-8-9-18-46(41)42)63(92)80-53(29-44-32-72-35-74-44)66(95)84-59(38(4)85)69(98)81-55(70(99)100)26-39-13-6-5-7-14-39/h5-24,31-32,35-38,48,50-56,58-59,73,85-86,101-102H,25-30,33-34,71H2,1-4H3,(H,72,74)(H,75,90)(H,76,89)(H,77,96)(H,78,91)(H,79,93)(H,80,92)(H,81,98)(H,82,97)(H,83,94)(H,84,95)(H,87,88)(H,99,100)/t37-,38+,48-,50-,51-,52-,53-,54-,55-,56-,58-,59-/m0/s1. The summed E-state index contributed by atoms with van der Waals surface area (Å²) in [5, 5.41) is 68.6. The molecule has 7 aromatic rings. The molecule has 10 amide bonds. The number of carbonyl (C=O) groups excluding carboxylic acids is 10. The third-order valence-corrected chi connectivity index (χ3v) is 17.4. The van der Waals surface area contributed by atoms with Crippen molar-refractivity contribution in [2.75, 3.05) is 11.5 Å². The van der Waals surface area contributed by atoms with Gasteiger partial charge in [0, 0.05) is 72.6 Å². The number of amides is 10. The smallest absolute Gasteiger partial charge is 0.326 e. The molecule has 0 radical (unpaired) electrons. The first-order valence-corrected chi connectivity index (χ1v) is 33.8. The number of phenols is 1. The molecule has 30 nitrogen and oxygen atoms in total. The van der Waals surface area contributed by atoms with Crippen LogP contribution in [0.15, 0.2) is 140 Å². The third kappa shape index (κ3) is 22.6. The fourth-order valence-electron chi connectivity index (χ4n) is 11.0. The molecule has 0 aliphatic carbocycles. The lowest BCUT2D eigenvalue weighted by molar-refractivity contribution is -0.143. The Morgan fingerprint density at radius 2 is 0.951 bits per heavy atom. The number of benzene rings is 5. The number of H-pyrrole nitrogens is 2. The number of carboxylic acids is 2. The first-order chi connectivity index (χ1) is 48.6. The first kappa shape index (κ1) is 78.5. The van der Waals surface area contributed by atoms with E-state index in [0.717, 1.165) is 5.39 Å². The normalized spacial score (nSPS) is 14.8. The van der Waals surface area contributed by atoms with Crippen molar-refractivity contribution >= 4 is 118 Å². The number of para-hydroxylation sites is 1. The summed E-state index contributed by atoms with van der Waals surface area (Å²) >= 11 is 8.39. The Morgan fingerprint density at radius 1 is 0.461 bits per heavy atom. The lowest BCUT2D eigenvalue weighted by atomic mass is 9.97. The summed E-state index contributed by atoms with van der Waals surface area (Å²) in [6.07, 6.45) is 0.425. The number of carboxylic acid groups (broad SMARTS) is 2. The van der Waals surface area contributed by atoms with Crippen LogP contribution in [0.1, 0.15) is 62.1 Å². The fraction of sp³-hybridized carbons (Fsp3) is 0.357. The van der Waals surface area contributed by atoms with Crippen molar-refractivity contribution in [2.24, 2.45) is 11.7 Å². The zero-order valence-electron chi connectivity index (χ0n) is 56.0. The number of nitrogens with two attached hydrogens (primary N) is 1. The van der Waals surface area contributed by atoms with Crippen LogP contribution in [0.4, 0.5) is 0 Å². The number of thiol groups is 2. The molecule has 7 rings (SSSR count). The molecule has 2 heterocycles. The van der Waals surface area contributed by atoms with Gasteiger partial charge in [-0.05, 0) is 71.0 Å². The first-order valence-electron chi connectivity index (χ1n) is 32.6. The van der Waals surface area contributed by atoms with E-state index in [-0.39, 0.29) is 43.6 Å². The number of fused-ring (bicyclic) bond motifs is 2. The molecule has 542 valence electrons. The monoisotopic (exact) mass is 1440 g/mol. The van der Waals surface area contributed by atoms with Crippen LogP contribution in [0.2, 0.25) is 0 Å². The Morgan fingerprint density at radius 3 is 1.54 bits per heavy atom. The number of aliphatic hydroxyl groups is 1. The van der Waals surface area contributed by atoms with Gasteiger partial charge in [0.05, 0.1) is 24.9 Å². The summed E-state index contributed by atoms with van der Waals surface area (Å²) in [6.45, 7) is 5.61. The average Bonchev–Trinajstić information content (AvgIpc) is 1.66. The van der Waals surface area contributed by atoms with E-state index >= 15 is 9.59 Å². The highest BCUT2D eigenvalue weighted by molar-refractivity contribution is 7.80. The zero-order valence-corrected chi connectivity index (χ0v) is 57.8. The van der Waals surface area contributed by atoms with Crippen LogP contribution in [0.3, 0.4) is 0 Å². The van der Waals surface area contributed by atoms with E-state index in [1.165, 1.54) is 50.6 Å². The summed E-state index contributed by atoms with van der Waals surface area (Å²) in [7, 11) is 0. The van der Waals surface area contributed by atoms with Gasteiger partial charge in [-0.15, -0.1) is 0 Å². The maximum Gasteiger partial charge on any atom is 0.326 e. The second-order valence-corrected chi connectivity index (χ2v) is 25.5. The van der Waals surface area contributed by atoms with E-state index in [1.54, 1.807) is 105 Å². The summed E-state index contributed by atoms with van der Waals surface area (Å²) in [5.41, 5.74) is 8.71. The van der Waals surface area contributed by atoms with E-state index in [1.807, 2.05) is 12.1 Å². The van der Waals surface area contributed by atoms with Gasteiger partial charge in [0.2, 0.25) is 59.1 Å². The number of aromatic nitrogens is 3. The van der Waals surface area contributed by atoms with Gasteiger partial charge in [-0.2, -0.15) is 25.3 Å². The van der Waals surface area contributed by atoms with Crippen LogP contribution in [0.5, 0.6) is 5.75 Å². The van der Waals surface area contributed by atoms with Crippen molar-refractivity contribution in [3.63, 3.8) is 0 Å². The maximum atomic E-state index is 15.1. The van der Waals surface area contributed by atoms with Crippen molar-refractivity contribution in [1.29, 1.82) is 0 Å². The number of nitrogens with one attached hydrogen (secondary N) is 12. The molecule has 0 unspecified atom stereocenters. The number of imidazole rings is 1. The fourth-order valence-corrected chi connectivity index (χ4v) is 11.4. The maximum absolute atomic E-state index is 15.1.